The standard InChI is InChI=1S/C15H18Cl2N2O3/c1-4-22-12-7-9(14(21)19(2)3)5-6-11(12)18-13(20)10-8-15(10,16)17/h5-7,10H,4,8H2,1-3H3,(H,18,20)/t10-/m1/s1. The zero-order valence-corrected chi connectivity index (χ0v) is 14.2. The molecule has 7 heteroatoms. The highest BCUT2D eigenvalue weighted by Gasteiger charge is 2.56. The van der Waals surface area contributed by atoms with Gasteiger partial charge in [-0.1, -0.05) is 0 Å². The average molecular weight is 345 g/mol. The number of amides is 2. The number of nitrogens with one attached hydrogen (secondary N) is 1. The van der Waals surface area contributed by atoms with Crippen molar-refractivity contribution in [1.82, 2.24) is 4.90 Å². The molecule has 22 heavy (non-hydrogen) atoms. The summed E-state index contributed by atoms with van der Waals surface area (Å²) >= 11 is 11.8. The van der Waals surface area contributed by atoms with Crippen LogP contribution in [-0.2, 0) is 4.79 Å². The third-order valence-electron chi connectivity index (χ3n) is 3.33. The smallest absolute Gasteiger partial charge is 0.253 e. The molecule has 120 valence electrons. The first-order chi connectivity index (χ1) is 10.3. The normalized spacial score (nSPS) is 18.5. The molecule has 0 heterocycles. The second-order valence-corrected chi connectivity index (χ2v) is 6.89. The van der Waals surface area contributed by atoms with Crippen molar-refractivity contribution >= 4 is 40.7 Å². The van der Waals surface area contributed by atoms with Crippen molar-refractivity contribution in [3.05, 3.63) is 23.8 Å². The maximum atomic E-state index is 12.1. The fourth-order valence-electron chi connectivity index (χ4n) is 2.01. The first-order valence-electron chi connectivity index (χ1n) is 6.93. The van der Waals surface area contributed by atoms with Gasteiger partial charge in [0.25, 0.3) is 5.91 Å². The Kier molecular flexibility index (Phi) is 4.87. The number of halogens is 2. The molecule has 1 saturated carbocycles. The van der Waals surface area contributed by atoms with Gasteiger partial charge in [-0.25, -0.2) is 0 Å². The van der Waals surface area contributed by atoms with Crippen LogP contribution in [0.1, 0.15) is 23.7 Å². The summed E-state index contributed by atoms with van der Waals surface area (Å²) in [6.45, 7) is 2.25. The number of hydrogen-bond donors (Lipinski definition) is 1. The summed E-state index contributed by atoms with van der Waals surface area (Å²) < 4.78 is 4.53. The lowest BCUT2D eigenvalue weighted by Crippen LogP contribution is -2.22. The van der Waals surface area contributed by atoms with E-state index in [1.807, 2.05) is 6.92 Å². The Morgan fingerprint density at radius 2 is 2.05 bits per heavy atom. The summed E-state index contributed by atoms with van der Waals surface area (Å²) in [5, 5.41) is 2.75. The maximum absolute atomic E-state index is 12.1. The van der Waals surface area contributed by atoms with Gasteiger partial charge in [-0.2, -0.15) is 0 Å². The highest BCUT2D eigenvalue weighted by molar-refractivity contribution is 6.52. The van der Waals surface area contributed by atoms with Crippen molar-refractivity contribution in [2.75, 3.05) is 26.0 Å². The van der Waals surface area contributed by atoms with Gasteiger partial charge >= 0.3 is 0 Å². The molecule has 0 radical (unpaired) electrons. The SMILES string of the molecule is CCOc1cc(C(=O)N(C)C)ccc1NC(=O)[C@H]1CC1(Cl)Cl. The van der Waals surface area contributed by atoms with Crippen LogP contribution in [0.5, 0.6) is 5.75 Å². The molecule has 0 spiro atoms. The minimum absolute atomic E-state index is 0.137. The molecular weight excluding hydrogens is 327 g/mol. The van der Waals surface area contributed by atoms with Gasteiger partial charge in [-0.15, -0.1) is 23.2 Å². The Hall–Kier alpha value is -1.46. The van der Waals surface area contributed by atoms with E-state index in [-0.39, 0.29) is 11.8 Å². The number of hydrogen-bond acceptors (Lipinski definition) is 3. The van der Waals surface area contributed by atoms with E-state index in [1.165, 1.54) is 4.90 Å². The Balaban J connectivity index is 2.20. The van der Waals surface area contributed by atoms with Crippen molar-refractivity contribution in [2.45, 2.75) is 17.7 Å². The quantitative estimate of drug-likeness (QED) is 0.835. The molecule has 1 aliphatic carbocycles. The molecule has 5 nitrogen and oxygen atoms in total. The van der Waals surface area contributed by atoms with Crippen LogP contribution >= 0.6 is 23.2 Å². The molecule has 0 bridgehead atoms. The van der Waals surface area contributed by atoms with Crippen molar-refractivity contribution in [2.24, 2.45) is 5.92 Å². The van der Waals surface area contributed by atoms with E-state index in [9.17, 15) is 9.59 Å². The topological polar surface area (TPSA) is 58.6 Å². The molecule has 2 rings (SSSR count). The van der Waals surface area contributed by atoms with Gasteiger partial charge in [-0.05, 0) is 31.5 Å². The molecule has 1 aromatic carbocycles. The molecule has 1 atom stereocenters. The zero-order valence-electron chi connectivity index (χ0n) is 12.7. The van der Waals surface area contributed by atoms with E-state index in [2.05, 4.69) is 5.32 Å². The Morgan fingerprint density at radius 1 is 1.41 bits per heavy atom. The number of rotatable bonds is 5. The van der Waals surface area contributed by atoms with E-state index >= 15 is 0 Å². The Bertz CT molecular complexity index is 602. The predicted molar refractivity (Wildman–Crippen MR) is 86.8 cm³/mol. The highest BCUT2D eigenvalue weighted by Crippen LogP contribution is 2.53. The van der Waals surface area contributed by atoms with Crippen LogP contribution in [0.3, 0.4) is 0 Å². The minimum Gasteiger partial charge on any atom is -0.492 e. The minimum atomic E-state index is -0.976. The maximum Gasteiger partial charge on any atom is 0.253 e. The molecule has 0 unspecified atom stereocenters. The first kappa shape index (κ1) is 16.9. The van der Waals surface area contributed by atoms with E-state index in [0.717, 1.165) is 0 Å². The van der Waals surface area contributed by atoms with Crippen LogP contribution in [0.25, 0.3) is 0 Å². The number of ether oxygens (including phenoxy) is 1. The lowest BCUT2D eigenvalue weighted by Gasteiger charge is -2.15. The second kappa shape index (κ2) is 6.34. The third kappa shape index (κ3) is 3.65. The number of carbonyl (C=O) groups excluding carboxylic acids is 2. The van der Waals surface area contributed by atoms with Crippen LogP contribution in [0, 0.1) is 5.92 Å². The molecule has 2 amide bonds. The number of nitrogens with zero attached hydrogens (tertiary/aromatic N) is 1. The second-order valence-electron chi connectivity index (χ2n) is 5.35. The van der Waals surface area contributed by atoms with Crippen molar-refractivity contribution in [1.29, 1.82) is 0 Å². The summed E-state index contributed by atoms with van der Waals surface area (Å²) in [5.41, 5.74) is 0.986. The predicted octanol–water partition coefficient (Wildman–Crippen LogP) is 2.92. The van der Waals surface area contributed by atoms with E-state index in [4.69, 9.17) is 27.9 Å². The molecular formula is C15H18Cl2N2O3. The molecule has 0 aromatic heterocycles. The lowest BCUT2D eigenvalue weighted by molar-refractivity contribution is -0.117. The number of alkyl halides is 2. The van der Waals surface area contributed by atoms with Crippen LogP contribution in [0.2, 0.25) is 0 Å². The van der Waals surface area contributed by atoms with Gasteiger partial charge in [0.05, 0.1) is 18.2 Å². The Morgan fingerprint density at radius 3 is 2.55 bits per heavy atom. The fraction of sp³-hybridized carbons (Fsp3) is 0.467. The van der Waals surface area contributed by atoms with Crippen molar-refractivity contribution in [3.8, 4) is 5.75 Å². The van der Waals surface area contributed by atoms with Gasteiger partial charge < -0.3 is 15.0 Å². The number of benzene rings is 1. The van der Waals surface area contributed by atoms with Crippen LogP contribution in [-0.4, -0.2) is 41.7 Å². The van der Waals surface area contributed by atoms with Gasteiger partial charge in [0.2, 0.25) is 5.91 Å². The van der Waals surface area contributed by atoms with Crippen molar-refractivity contribution in [3.63, 3.8) is 0 Å². The van der Waals surface area contributed by atoms with Crippen molar-refractivity contribution < 1.29 is 14.3 Å². The summed E-state index contributed by atoms with van der Waals surface area (Å²) in [6, 6.07) is 4.90. The number of anilines is 1. The molecule has 0 saturated heterocycles. The monoisotopic (exact) mass is 344 g/mol. The van der Waals surface area contributed by atoms with Gasteiger partial charge in [0.1, 0.15) is 10.1 Å². The van der Waals surface area contributed by atoms with Crippen LogP contribution in [0.15, 0.2) is 18.2 Å². The third-order valence-corrected chi connectivity index (χ3v) is 4.17. The van der Waals surface area contributed by atoms with E-state index in [1.54, 1.807) is 32.3 Å². The summed E-state index contributed by atoms with van der Waals surface area (Å²) in [7, 11) is 3.35. The Labute approximate surface area is 139 Å². The fourth-order valence-corrected chi connectivity index (χ4v) is 2.52. The molecule has 1 aliphatic rings. The molecule has 1 N–H and O–H groups in total. The molecule has 0 aliphatic heterocycles. The lowest BCUT2D eigenvalue weighted by atomic mass is 10.1. The first-order valence-corrected chi connectivity index (χ1v) is 7.69. The summed E-state index contributed by atoms with van der Waals surface area (Å²) in [4.78, 5) is 25.5. The molecule has 1 aromatic rings. The average Bonchev–Trinajstić information content (AvgIpc) is 3.09. The molecule has 1 fully saturated rings. The van der Waals surface area contributed by atoms with E-state index < -0.39 is 10.3 Å². The van der Waals surface area contributed by atoms with Crippen LogP contribution < -0.4 is 10.1 Å². The van der Waals surface area contributed by atoms with Gasteiger partial charge in [-0.3, -0.25) is 9.59 Å². The zero-order chi connectivity index (χ0) is 16.5. The van der Waals surface area contributed by atoms with Gasteiger partial charge in [0.15, 0.2) is 0 Å². The van der Waals surface area contributed by atoms with Crippen LogP contribution in [0.4, 0.5) is 5.69 Å². The highest BCUT2D eigenvalue weighted by atomic mass is 35.5. The summed E-state index contributed by atoms with van der Waals surface area (Å²) in [6.07, 6.45) is 0.434. The van der Waals surface area contributed by atoms with Gasteiger partial charge in [0, 0.05) is 19.7 Å². The largest absolute Gasteiger partial charge is 0.492 e. The van der Waals surface area contributed by atoms with E-state index in [0.29, 0.717) is 30.0 Å². The summed E-state index contributed by atoms with van der Waals surface area (Å²) in [5.74, 6) is -0.369. The number of carbonyl (C=O) groups is 2.